The molecule has 0 bridgehead atoms. The number of hydrogen-bond donors (Lipinski definition) is 1. The molecule has 0 heterocycles. The third-order valence-electron chi connectivity index (χ3n) is 1.60. The van der Waals surface area contributed by atoms with Crippen LogP contribution in [0.25, 0.3) is 0 Å². The van der Waals surface area contributed by atoms with Gasteiger partial charge in [-0.3, -0.25) is 9.36 Å². The summed E-state index contributed by atoms with van der Waals surface area (Å²) in [6, 6.07) is 0. The quantitative estimate of drug-likeness (QED) is 0.554. The molecular formula is C6H12ClO3P. The lowest BCUT2D eigenvalue weighted by Crippen LogP contribution is -2.08. The van der Waals surface area contributed by atoms with Gasteiger partial charge in [0.15, 0.2) is 0 Å². The van der Waals surface area contributed by atoms with Crippen LogP contribution in [-0.2, 0) is 9.36 Å². The Morgan fingerprint density at radius 3 is 2.45 bits per heavy atom. The maximum Gasteiger partial charge on any atom is 0.222 e. The van der Waals surface area contributed by atoms with Gasteiger partial charge in [-0.1, -0.05) is 13.8 Å². The molecule has 0 rings (SSSR count). The summed E-state index contributed by atoms with van der Waals surface area (Å²) in [6.45, 7) is 3.18. The minimum Gasteiger partial charge on any atom is -0.344 e. The van der Waals surface area contributed by atoms with Crippen LogP contribution in [0.4, 0.5) is 0 Å². The molecule has 5 heteroatoms. The molecule has 0 aliphatic heterocycles. The van der Waals surface area contributed by atoms with Gasteiger partial charge in [0.1, 0.15) is 0 Å². The number of halogens is 1. The molecule has 2 unspecified atom stereocenters. The molecule has 3 nitrogen and oxygen atoms in total. The highest BCUT2D eigenvalue weighted by atomic mass is 35.5. The Hall–Kier alpha value is 0.150. The molecule has 0 spiro atoms. The van der Waals surface area contributed by atoms with Crippen molar-refractivity contribution in [2.75, 3.05) is 6.16 Å². The molecule has 2 atom stereocenters. The highest BCUT2D eigenvalue weighted by molar-refractivity contribution is 7.58. The van der Waals surface area contributed by atoms with E-state index in [9.17, 15) is 14.3 Å². The second kappa shape index (κ2) is 4.24. The Bertz CT molecular complexity index is 192. The zero-order valence-corrected chi connectivity index (χ0v) is 8.23. The Balaban J connectivity index is 4.13. The van der Waals surface area contributed by atoms with Crippen molar-refractivity contribution in [1.82, 2.24) is 0 Å². The van der Waals surface area contributed by atoms with Crippen LogP contribution in [0.1, 0.15) is 20.3 Å². The average molecular weight is 199 g/mol. The van der Waals surface area contributed by atoms with Gasteiger partial charge >= 0.3 is 0 Å². The van der Waals surface area contributed by atoms with Crippen molar-refractivity contribution >= 4 is 24.2 Å². The Kier molecular flexibility index (Phi) is 4.30. The minimum atomic E-state index is -3.12. The molecule has 0 aromatic carbocycles. The van der Waals surface area contributed by atoms with Crippen LogP contribution in [-0.4, -0.2) is 22.0 Å². The molecule has 0 fully saturated rings. The molecule has 66 valence electrons. The summed E-state index contributed by atoms with van der Waals surface area (Å²) < 4.78 is 11.2. The fourth-order valence-electron chi connectivity index (χ4n) is 0.687. The lowest BCUT2D eigenvalue weighted by Gasteiger charge is -2.15. The fraction of sp³-hybridized carbons (Fsp3) is 0.833. The molecule has 0 radical (unpaired) electrons. The predicted molar refractivity (Wildman–Crippen MR) is 45.3 cm³/mol. The maximum absolute atomic E-state index is 11.2. The Labute approximate surface area is 71.2 Å². The zero-order chi connectivity index (χ0) is 9.07. The molecule has 0 amide bonds. The summed E-state index contributed by atoms with van der Waals surface area (Å²) in [6.07, 6.45) is 0.168. The molecule has 1 N–H and O–H groups in total. The molecule has 11 heavy (non-hydrogen) atoms. The van der Waals surface area contributed by atoms with Crippen LogP contribution in [0.15, 0.2) is 0 Å². The van der Waals surface area contributed by atoms with Crippen LogP contribution in [0, 0.1) is 0 Å². The van der Waals surface area contributed by atoms with E-state index in [2.05, 4.69) is 0 Å². The van der Waals surface area contributed by atoms with Crippen LogP contribution in [0.3, 0.4) is 0 Å². The van der Waals surface area contributed by atoms with Gasteiger partial charge in [0, 0.05) is 18.2 Å². The molecule has 0 aromatic heterocycles. The van der Waals surface area contributed by atoms with Crippen LogP contribution < -0.4 is 0 Å². The van der Waals surface area contributed by atoms with Crippen molar-refractivity contribution in [2.24, 2.45) is 0 Å². The van der Waals surface area contributed by atoms with Crippen molar-refractivity contribution in [3.8, 4) is 0 Å². The highest BCUT2D eigenvalue weighted by Crippen LogP contribution is 2.46. The van der Waals surface area contributed by atoms with E-state index in [4.69, 9.17) is 11.6 Å². The summed E-state index contributed by atoms with van der Waals surface area (Å²) in [4.78, 5) is 19.5. The topological polar surface area (TPSA) is 54.4 Å². The second-order valence-electron chi connectivity index (χ2n) is 2.48. The highest BCUT2D eigenvalue weighted by Gasteiger charge is 2.25. The van der Waals surface area contributed by atoms with Crippen LogP contribution in [0.5, 0.6) is 0 Å². The molecule has 0 saturated carbocycles. The van der Waals surface area contributed by atoms with Crippen LogP contribution in [0.2, 0.25) is 0 Å². The SMILES string of the molecule is CCP(=O)(O)C(C)CC(=O)Cl. The maximum atomic E-state index is 11.2. The fourth-order valence-corrected chi connectivity index (χ4v) is 2.10. The summed E-state index contributed by atoms with van der Waals surface area (Å²) in [7, 11) is -3.12. The first kappa shape index (κ1) is 11.2. The third-order valence-corrected chi connectivity index (χ3v) is 4.22. The number of carbonyl (C=O) groups is 1. The summed E-state index contributed by atoms with van der Waals surface area (Å²) in [5.74, 6) is 0. The monoisotopic (exact) mass is 198 g/mol. The van der Waals surface area contributed by atoms with E-state index in [0.717, 1.165) is 0 Å². The lowest BCUT2D eigenvalue weighted by molar-refractivity contribution is -0.111. The first-order chi connectivity index (χ1) is 4.90. The van der Waals surface area contributed by atoms with Gasteiger partial charge in [0.2, 0.25) is 12.6 Å². The van der Waals surface area contributed by atoms with Crippen molar-refractivity contribution in [2.45, 2.75) is 25.9 Å². The summed E-state index contributed by atoms with van der Waals surface area (Å²) in [5.41, 5.74) is -0.516. The van der Waals surface area contributed by atoms with E-state index in [1.165, 1.54) is 0 Å². The van der Waals surface area contributed by atoms with Gasteiger partial charge in [-0.2, -0.15) is 0 Å². The smallest absolute Gasteiger partial charge is 0.222 e. The Morgan fingerprint density at radius 2 is 2.18 bits per heavy atom. The van der Waals surface area contributed by atoms with Gasteiger partial charge in [-0.05, 0) is 11.6 Å². The first-order valence-corrected chi connectivity index (χ1v) is 5.69. The number of rotatable bonds is 4. The van der Waals surface area contributed by atoms with Crippen molar-refractivity contribution < 1.29 is 14.3 Å². The predicted octanol–water partition coefficient (Wildman–Crippen LogP) is 1.82. The van der Waals surface area contributed by atoms with Gasteiger partial charge in [0.05, 0.1) is 0 Å². The molecule has 0 aromatic rings. The van der Waals surface area contributed by atoms with Crippen LogP contribution >= 0.6 is 19.0 Å². The standard InChI is InChI=1S/C6H12ClO3P/c1-3-11(9,10)5(2)4-6(7)8/h5H,3-4H2,1-2H3,(H,9,10). The van der Waals surface area contributed by atoms with E-state index >= 15 is 0 Å². The van der Waals surface area contributed by atoms with Crippen molar-refractivity contribution in [1.29, 1.82) is 0 Å². The van der Waals surface area contributed by atoms with Gasteiger partial charge in [0.25, 0.3) is 0 Å². The van der Waals surface area contributed by atoms with E-state index in [1.54, 1.807) is 13.8 Å². The van der Waals surface area contributed by atoms with E-state index in [0.29, 0.717) is 0 Å². The van der Waals surface area contributed by atoms with Crippen molar-refractivity contribution in [3.05, 3.63) is 0 Å². The number of hydrogen-bond acceptors (Lipinski definition) is 2. The Morgan fingerprint density at radius 1 is 1.73 bits per heavy atom. The van der Waals surface area contributed by atoms with Gasteiger partial charge in [-0.15, -0.1) is 0 Å². The van der Waals surface area contributed by atoms with Gasteiger partial charge < -0.3 is 4.89 Å². The summed E-state index contributed by atoms with van der Waals surface area (Å²) in [5, 5.41) is -0.555. The van der Waals surface area contributed by atoms with E-state index in [-0.39, 0.29) is 12.6 Å². The molecule has 0 aliphatic carbocycles. The van der Waals surface area contributed by atoms with Gasteiger partial charge in [-0.25, -0.2) is 0 Å². The van der Waals surface area contributed by atoms with Crippen molar-refractivity contribution in [3.63, 3.8) is 0 Å². The normalized spacial score (nSPS) is 18.9. The zero-order valence-electron chi connectivity index (χ0n) is 6.58. The third kappa shape index (κ3) is 3.90. The summed E-state index contributed by atoms with van der Waals surface area (Å²) >= 11 is 5.06. The first-order valence-electron chi connectivity index (χ1n) is 3.40. The second-order valence-corrected chi connectivity index (χ2v) is 5.93. The molecule has 0 aliphatic rings. The molecular weight excluding hydrogens is 186 g/mol. The van der Waals surface area contributed by atoms with E-state index < -0.39 is 18.3 Å². The number of carbonyl (C=O) groups excluding carboxylic acids is 1. The minimum absolute atomic E-state index is 0.0246. The average Bonchev–Trinajstić information content (AvgIpc) is 1.86. The lowest BCUT2D eigenvalue weighted by atomic mass is 10.4. The molecule has 0 saturated heterocycles. The van der Waals surface area contributed by atoms with E-state index in [1.807, 2.05) is 0 Å². The largest absolute Gasteiger partial charge is 0.344 e.